The van der Waals surface area contributed by atoms with Crippen molar-refractivity contribution in [2.24, 2.45) is 0 Å². The van der Waals surface area contributed by atoms with Gasteiger partial charge in [0, 0.05) is 19.6 Å². The number of methoxy groups -OCH3 is 1. The Morgan fingerprint density at radius 2 is 1.52 bits per heavy atom. The average Bonchev–Trinajstić information content (AvgIpc) is 2.94. The van der Waals surface area contributed by atoms with Gasteiger partial charge in [-0.2, -0.15) is 0 Å². The van der Waals surface area contributed by atoms with E-state index < -0.39 is 0 Å². The van der Waals surface area contributed by atoms with E-state index in [1.54, 1.807) is 0 Å². The normalized spacial score (nSPS) is 16.2. The van der Waals surface area contributed by atoms with Crippen LogP contribution in [-0.4, -0.2) is 50.8 Å². The standard InChI is InChI=1S/C25H27NO3/c1-28-24(27)18-29-17-16-26-14-12-21(13-15-26)25-22-8-4-2-6-19(22)10-11-20-7-3-5-9-23(20)25/h2-11H,12-18H2,1H3. The number of ether oxygens (including phenoxy) is 2. The fraction of sp³-hybridized carbons (Fsp3) is 0.320. The van der Waals surface area contributed by atoms with Crippen molar-refractivity contribution in [2.45, 2.75) is 12.8 Å². The van der Waals surface area contributed by atoms with Gasteiger partial charge in [-0.15, -0.1) is 0 Å². The molecule has 0 amide bonds. The lowest BCUT2D eigenvalue weighted by Gasteiger charge is -2.30. The van der Waals surface area contributed by atoms with E-state index in [1.165, 1.54) is 40.5 Å². The zero-order valence-electron chi connectivity index (χ0n) is 16.9. The first-order valence-corrected chi connectivity index (χ1v) is 10.2. The van der Waals surface area contributed by atoms with Gasteiger partial charge in [0.1, 0.15) is 6.61 Å². The highest BCUT2D eigenvalue weighted by Crippen LogP contribution is 2.38. The van der Waals surface area contributed by atoms with Gasteiger partial charge >= 0.3 is 5.97 Å². The summed E-state index contributed by atoms with van der Waals surface area (Å²) in [5, 5.41) is 0. The molecule has 0 saturated carbocycles. The fourth-order valence-corrected chi connectivity index (χ4v) is 4.15. The van der Waals surface area contributed by atoms with E-state index in [0.29, 0.717) is 6.61 Å². The largest absolute Gasteiger partial charge is 0.467 e. The molecule has 0 N–H and O–H groups in total. The van der Waals surface area contributed by atoms with Crippen molar-refractivity contribution >= 4 is 23.7 Å². The third-order valence-corrected chi connectivity index (χ3v) is 5.72. The molecule has 4 nitrogen and oxygen atoms in total. The quantitative estimate of drug-likeness (QED) is 0.483. The molecule has 2 aliphatic rings. The third kappa shape index (κ3) is 4.50. The molecule has 0 unspecified atom stereocenters. The number of likely N-dealkylation sites (tertiary alicyclic amines) is 1. The van der Waals surface area contributed by atoms with Gasteiger partial charge in [0.15, 0.2) is 0 Å². The number of fused-ring (bicyclic) bond motifs is 2. The lowest BCUT2D eigenvalue weighted by atomic mass is 9.86. The predicted molar refractivity (Wildman–Crippen MR) is 116 cm³/mol. The Labute approximate surface area is 172 Å². The number of esters is 1. The number of carbonyl (C=O) groups excluding carboxylic acids is 1. The second-order valence-electron chi connectivity index (χ2n) is 7.46. The minimum absolute atomic E-state index is 0.0280. The first kappa shape index (κ1) is 19.6. The van der Waals surface area contributed by atoms with Gasteiger partial charge in [-0.05, 0) is 40.7 Å². The third-order valence-electron chi connectivity index (χ3n) is 5.72. The van der Waals surface area contributed by atoms with Crippen LogP contribution in [0.15, 0.2) is 54.1 Å². The molecule has 1 saturated heterocycles. The van der Waals surface area contributed by atoms with Gasteiger partial charge in [-0.25, -0.2) is 4.79 Å². The molecule has 29 heavy (non-hydrogen) atoms. The smallest absolute Gasteiger partial charge is 0.331 e. The molecule has 0 radical (unpaired) electrons. The molecule has 0 bridgehead atoms. The first-order chi connectivity index (χ1) is 14.3. The summed E-state index contributed by atoms with van der Waals surface area (Å²) in [6.07, 6.45) is 6.56. The van der Waals surface area contributed by atoms with Crippen molar-refractivity contribution in [3.05, 3.63) is 76.4 Å². The van der Waals surface area contributed by atoms with Gasteiger partial charge in [0.2, 0.25) is 0 Å². The Morgan fingerprint density at radius 3 is 2.10 bits per heavy atom. The van der Waals surface area contributed by atoms with Crippen molar-refractivity contribution in [3.63, 3.8) is 0 Å². The van der Waals surface area contributed by atoms with Crippen LogP contribution in [0.3, 0.4) is 0 Å². The SMILES string of the molecule is COC(=O)COCCN1CCC(=C2c3ccccc3C=Cc3ccccc32)CC1. The minimum atomic E-state index is -0.324. The van der Waals surface area contributed by atoms with Crippen LogP contribution in [-0.2, 0) is 14.3 Å². The van der Waals surface area contributed by atoms with Crippen LogP contribution in [0.1, 0.15) is 35.1 Å². The van der Waals surface area contributed by atoms with E-state index in [2.05, 4.69) is 70.3 Å². The molecular weight excluding hydrogens is 362 g/mol. The van der Waals surface area contributed by atoms with Crippen LogP contribution in [0.5, 0.6) is 0 Å². The van der Waals surface area contributed by atoms with Crippen molar-refractivity contribution in [3.8, 4) is 0 Å². The number of rotatable bonds is 5. The van der Waals surface area contributed by atoms with Crippen LogP contribution in [0.4, 0.5) is 0 Å². The molecule has 4 heteroatoms. The molecule has 4 rings (SSSR count). The molecular formula is C25H27NO3. The van der Waals surface area contributed by atoms with Crippen molar-refractivity contribution in [1.29, 1.82) is 0 Å². The van der Waals surface area contributed by atoms with Crippen LogP contribution in [0.25, 0.3) is 17.7 Å². The van der Waals surface area contributed by atoms with Gasteiger partial charge in [-0.1, -0.05) is 66.3 Å². The van der Waals surface area contributed by atoms with Crippen molar-refractivity contribution in [2.75, 3.05) is 40.0 Å². The number of piperidine rings is 1. The Bertz CT molecular complexity index is 883. The summed E-state index contributed by atoms with van der Waals surface area (Å²) in [5.74, 6) is -0.324. The second kappa shape index (κ2) is 9.21. The summed E-state index contributed by atoms with van der Waals surface area (Å²) in [6.45, 7) is 3.45. The maximum absolute atomic E-state index is 11.1. The molecule has 1 aliphatic heterocycles. The molecule has 0 spiro atoms. The van der Waals surface area contributed by atoms with Gasteiger partial charge in [-0.3, -0.25) is 0 Å². The topological polar surface area (TPSA) is 38.8 Å². The van der Waals surface area contributed by atoms with Crippen LogP contribution >= 0.6 is 0 Å². The maximum atomic E-state index is 11.1. The Balaban J connectivity index is 1.51. The summed E-state index contributed by atoms with van der Waals surface area (Å²) in [6, 6.07) is 17.4. The highest BCUT2D eigenvalue weighted by atomic mass is 16.6. The highest BCUT2D eigenvalue weighted by Gasteiger charge is 2.22. The lowest BCUT2D eigenvalue weighted by molar-refractivity contribution is -0.146. The van der Waals surface area contributed by atoms with Crippen LogP contribution < -0.4 is 0 Å². The van der Waals surface area contributed by atoms with Crippen LogP contribution in [0.2, 0.25) is 0 Å². The summed E-state index contributed by atoms with van der Waals surface area (Å²) in [4.78, 5) is 13.5. The van der Waals surface area contributed by atoms with E-state index in [4.69, 9.17) is 4.74 Å². The minimum Gasteiger partial charge on any atom is -0.467 e. The highest BCUT2D eigenvalue weighted by molar-refractivity contribution is 5.94. The first-order valence-electron chi connectivity index (χ1n) is 10.2. The molecule has 2 aromatic rings. The van der Waals surface area contributed by atoms with E-state index in [1.807, 2.05) is 0 Å². The summed E-state index contributed by atoms with van der Waals surface area (Å²) >= 11 is 0. The Hall–Kier alpha value is -2.69. The molecule has 1 heterocycles. The number of benzene rings is 2. The van der Waals surface area contributed by atoms with E-state index in [0.717, 1.165) is 32.5 Å². The number of hydrogen-bond donors (Lipinski definition) is 0. The van der Waals surface area contributed by atoms with Gasteiger partial charge in [0.25, 0.3) is 0 Å². The zero-order chi connectivity index (χ0) is 20.1. The lowest BCUT2D eigenvalue weighted by Crippen LogP contribution is -2.34. The van der Waals surface area contributed by atoms with E-state index in [-0.39, 0.29) is 12.6 Å². The summed E-state index contributed by atoms with van der Waals surface area (Å²) in [5.41, 5.74) is 8.16. The maximum Gasteiger partial charge on any atom is 0.331 e. The van der Waals surface area contributed by atoms with Crippen LogP contribution in [0, 0.1) is 0 Å². The Morgan fingerprint density at radius 1 is 0.931 bits per heavy atom. The zero-order valence-corrected chi connectivity index (χ0v) is 16.9. The number of carbonyl (C=O) groups is 1. The van der Waals surface area contributed by atoms with Gasteiger partial charge < -0.3 is 14.4 Å². The molecule has 1 aliphatic carbocycles. The Kier molecular flexibility index (Phi) is 6.23. The fourth-order valence-electron chi connectivity index (χ4n) is 4.15. The van der Waals surface area contributed by atoms with Crippen molar-refractivity contribution in [1.82, 2.24) is 4.90 Å². The van der Waals surface area contributed by atoms with Crippen molar-refractivity contribution < 1.29 is 14.3 Å². The molecule has 1 fully saturated rings. The number of nitrogens with zero attached hydrogens (tertiary/aromatic N) is 1. The van der Waals surface area contributed by atoms with E-state index in [9.17, 15) is 4.79 Å². The van der Waals surface area contributed by atoms with Gasteiger partial charge in [0.05, 0.1) is 13.7 Å². The number of hydrogen-bond acceptors (Lipinski definition) is 4. The molecule has 0 atom stereocenters. The monoisotopic (exact) mass is 389 g/mol. The molecule has 0 aromatic heterocycles. The molecule has 2 aromatic carbocycles. The molecule has 150 valence electrons. The van der Waals surface area contributed by atoms with E-state index >= 15 is 0 Å². The predicted octanol–water partition coefficient (Wildman–Crippen LogP) is 4.26. The average molecular weight is 389 g/mol. The summed E-state index contributed by atoms with van der Waals surface area (Å²) < 4.78 is 10.0. The summed E-state index contributed by atoms with van der Waals surface area (Å²) in [7, 11) is 1.38. The second-order valence-corrected chi connectivity index (χ2v) is 7.46.